The summed E-state index contributed by atoms with van der Waals surface area (Å²) in [6.07, 6.45) is -4.42. The van der Waals surface area contributed by atoms with Crippen molar-refractivity contribution < 1.29 is 13.2 Å². The van der Waals surface area contributed by atoms with Crippen LogP contribution in [-0.2, 0) is 19.8 Å². The minimum Gasteiger partial charge on any atom is -0.296 e. The molecule has 0 amide bonds. The van der Waals surface area contributed by atoms with E-state index in [9.17, 15) is 22.8 Å². The number of rotatable bonds is 2. The lowest BCUT2D eigenvalue weighted by Crippen LogP contribution is -2.39. The molecule has 7 heteroatoms. The van der Waals surface area contributed by atoms with Gasteiger partial charge in [-0.25, -0.2) is 4.79 Å². The molecule has 3 rings (SSSR count). The molecule has 0 aliphatic heterocycles. The van der Waals surface area contributed by atoms with E-state index in [0.29, 0.717) is 16.5 Å². The summed E-state index contributed by atoms with van der Waals surface area (Å²) in [5.41, 5.74) is 0.0985. The molecular formula is C18H15F3N2O2. The number of fused-ring (bicyclic) bond motifs is 1. The predicted octanol–water partition coefficient (Wildman–Crippen LogP) is 3.08. The van der Waals surface area contributed by atoms with E-state index >= 15 is 0 Å². The Labute approximate surface area is 140 Å². The summed E-state index contributed by atoms with van der Waals surface area (Å²) < 4.78 is 40.3. The van der Waals surface area contributed by atoms with Crippen LogP contribution >= 0.6 is 0 Å². The number of benzene rings is 2. The second-order valence-corrected chi connectivity index (χ2v) is 5.95. The van der Waals surface area contributed by atoms with Gasteiger partial charge < -0.3 is 0 Å². The number of aryl methyl sites for hydroxylation is 2. The van der Waals surface area contributed by atoms with Gasteiger partial charge >= 0.3 is 11.9 Å². The fourth-order valence-electron chi connectivity index (χ4n) is 2.75. The first-order valence-electron chi connectivity index (χ1n) is 7.55. The first kappa shape index (κ1) is 17.0. The van der Waals surface area contributed by atoms with Gasteiger partial charge in [0, 0.05) is 7.05 Å². The Kier molecular flexibility index (Phi) is 4.02. The van der Waals surface area contributed by atoms with Crippen molar-refractivity contribution in [3.63, 3.8) is 0 Å². The fraction of sp³-hybridized carbons (Fsp3) is 0.222. The van der Waals surface area contributed by atoms with Gasteiger partial charge in [0.25, 0.3) is 5.56 Å². The lowest BCUT2D eigenvalue weighted by Gasteiger charge is -2.12. The molecule has 25 heavy (non-hydrogen) atoms. The van der Waals surface area contributed by atoms with Crippen molar-refractivity contribution in [3.8, 4) is 0 Å². The zero-order valence-corrected chi connectivity index (χ0v) is 13.6. The Bertz CT molecular complexity index is 1060. The van der Waals surface area contributed by atoms with Crippen LogP contribution in [0.2, 0.25) is 0 Å². The van der Waals surface area contributed by atoms with Crippen molar-refractivity contribution in [2.75, 3.05) is 0 Å². The number of aromatic nitrogens is 2. The molecule has 3 aromatic rings. The largest absolute Gasteiger partial charge is 0.416 e. The molecule has 2 aromatic carbocycles. The SMILES string of the molecule is Cc1ccc2c(c1)c(=O)n(Cc1ccc(C(F)(F)F)cc1)c(=O)n2C. The van der Waals surface area contributed by atoms with Gasteiger partial charge in [-0.2, -0.15) is 13.2 Å². The van der Waals surface area contributed by atoms with E-state index in [2.05, 4.69) is 0 Å². The number of hydrogen-bond acceptors (Lipinski definition) is 2. The Balaban J connectivity index is 2.10. The Morgan fingerprint density at radius 1 is 1.00 bits per heavy atom. The second kappa shape index (κ2) is 5.91. The van der Waals surface area contributed by atoms with Crippen molar-refractivity contribution >= 4 is 10.9 Å². The highest BCUT2D eigenvalue weighted by Gasteiger charge is 2.29. The van der Waals surface area contributed by atoms with E-state index in [1.165, 1.54) is 16.7 Å². The summed E-state index contributed by atoms with van der Waals surface area (Å²) >= 11 is 0. The standard InChI is InChI=1S/C18H15F3N2O2/c1-11-3-8-15-14(9-11)16(24)23(17(25)22(15)2)10-12-4-6-13(7-5-12)18(19,20)21/h3-9H,10H2,1-2H3. The maximum absolute atomic E-state index is 12.7. The van der Waals surface area contributed by atoms with Crippen molar-refractivity contribution in [3.05, 3.63) is 80.0 Å². The zero-order valence-electron chi connectivity index (χ0n) is 13.6. The molecule has 0 aliphatic carbocycles. The van der Waals surface area contributed by atoms with E-state index in [-0.39, 0.29) is 6.54 Å². The summed E-state index contributed by atoms with van der Waals surface area (Å²) in [4.78, 5) is 25.1. The van der Waals surface area contributed by atoms with E-state index < -0.39 is 23.0 Å². The third-order valence-corrected chi connectivity index (χ3v) is 4.13. The Morgan fingerprint density at radius 2 is 1.64 bits per heavy atom. The van der Waals surface area contributed by atoms with Crippen LogP contribution < -0.4 is 11.2 Å². The van der Waals surface area contributed by atoms with Crippen LogP contribution in [0.25, 0.3) is 10.9 Å². The molecule has 0 atom stereocenters. The van der Waals surface area contributed by atoms with Crippen LogP contribution in [0.4, 0.5) is 13.2 Å². The monoisotopic (exact) mass is 348 g/mol. The third-order valence-electron chi connectivity index (χ3n) is 4.13. The molecule has 4 nitrogen and oxygen atoms in total. The van der Waals surface area contributed by atoms with Gasteiger partial charge in [0.15, 0.2) is 0 Å². The highest BCUT2D eigenvalue weighted by Crippen LogP contribution is 2.29. The first-order valence-corrected chi connectivity index (χ1v) is 7.55. The van der Waals surface area contributed by atoms with E-state index in [4.69, 9.17) is 0 Å². The molecule has 0 bridgehead atoms. The average molecular weight is 348 g/mol. The molecule has 0 saturated carbocycles. The highest BCUT2D eigenvalue weighted by molar-refractivity contribution is 5.78. The van der Waals surface area contributed by atoms with E-state index in [1.54, 1.807) is 25.2 Å². The summed E-state index contributed by atoms with van der Waals surface area (Å²) in [7, 11) is 1.56. The number of nitrogens with zero attached hydrogens (tertiary/aromatic N) is 2. The molecular weight excluding hydrogens is 333 g/mol. The van der Waals surface area contributed by atoms with Gasteiger partial charge in [0.05, 0.1) is 23.0 Å². The molecule has 1 heterocycles. The van der Waals surface area contributed by atoms with Crippen molar-refractivity contribution in [1.29, 1.82) is 0 Å². The molecule has 0 spiro atoms. The zero-order chi connectivity index (χ0) is 18.4. The van der Waals surface area contributed by atoms with Crippen LogP contribution in [0.15, 0.2) is 52.1 Å². The van der Waals surface area contributed by atoms with Gasteiger partial charge in [-0.1, -0.05) is 23.8 Å². The van der Waals surface area contributed by atoms with Crippen LogP contribution in [0.3, 0.4) is 0 Å². The van der Waals surface area contributed by atoms with Gasteiger partial charge in [0.1, 0.15) is 0 Å². The maximum Gasteiger partial charge on any atom is 0.416 e. The van der Waals surface area contributed by atoms with Crippen LogP contribution in [0.1, 0.15) is 16.7 Å². The average Bonchev–Trinajstić information content (AvgIpc) is 2.56. The number of halogens is 3. The first-order chi connectivity index (χ1) is 11.7. The minimum atomic E-state index is -4.42. The maximum atomic E-state index is 12.7. The van der Waals surface area contributed by atoms with Crippen molar-refractivity contribution in [2.24, 2.45) is 7.05 Å². The molecule has 0 radical (unpaired) electrons. The van der Waals surface area contributed by atoms with Crippen molar-refractivity contribution in [1.82, 2.24) is 9.13 Å². The van der Waals surface area contributed by atoms with E-state index in [1.807, 2.05) is 6.92 Å². The fourth-order valence-corrected chi connectivity index (χ4v) is 2.75. The summed E-state index contributed by atoms with van der Waals surface area (Å²) in [5.74, 6) is 0. The molecule has 0 N–H and O–H groups in total. The van der Waals surface area contributed by atoms with Gasteiger partial charge in [-0.15, -0.1) is 0 Å². The Hall–Kier alpha value is -2.83. The number of alkyl halides is 3. The smallest absolute Gasteiger partial charge is 0.296 e. The quantitative estimate of drug-likeness (QED) is 0.714. The molecule has 1 aromatic heterocycles. The lowest BCUT2D eigenvalue weighted by atomic mass is 10.1. The molecule has 0 fully saturated rings. The predicted molar refractivity (Wildman–Crippen MR) is 88.7 cm³/mol. The van der Waals surface area contributed by atoms with Gasteiger partial charge in [-0.3, -0.25) is 13.9 Å². The molecule has 130 valence electrons. The minimum absolute atomic E-state index is 0.0898. The summed E-state index contributed by atoms with van der Waals surface area (Å²) in [5, 5.41) is 0.397. The third kappa shape index (κ3) is 3.09. The summed E-state index contributed by atoms with van der Waals surface area (Å²) in [6, 6.07) is 9.63. The molecule has 0 saturated heterocycles. The van der Waals surface area contributed by atoms with E-state index in [0.717, 1.165) is 22.3 Å². The second-order valence-electron chi connectivity index (χ2n) is 5.95. The van der Waals surface area contributed by atoms with Crippen LogP contribution in [0.5, 0.6) is 0 Å². The molecule has 0 unspecified atom stereocenters. The molecule has 0 aliphatic rings. The Morgan fingerprint density at radius 3 is 2.24 bits per heavy atom. The van der Waals surface area contributed by atoms with Gasteiger partial charge in [-0.05, 0) is 36.8 Å². The van der Waals surface area contributed by atoms with Crippen LogP contribution in [0, 0.1) is 6.92 Å². The normalized spacial score (nSPS) is 11.9. The highest BCUT2D eigenvalue weighted by atomic mass is 19.4. The van der Waals surface area contributed by atoms with Crippen molar-refractivity contribution in [2.45, 2.75) is 19.6 Å². The lowest BCUT2D eigenvalue weighted by molar-refractivity contribution is -0.137. The topological polar surface area (TPSA) is 44.0 Å². The number of hydrogen-bond donors (Lipinski definition) is 0. The summed E-state index contributed by atoms with van der Waals surface area (Å²) in [6.45, 7) is 1.75. The van der Waals surface area contributed by atoms with Gasteiger partial charge in [0.2, 0.25) is 0 Å². The van der Waals surface area contributed by atoms with Crippen LogP contribution in [-0.4, -0.2) is 9.13 Å².